The number of halogens is 1. The highest BCUT2D eigenvalue weighted by Crippen LogP contribution is 2.17. The van der Waals surface area contributed by atoms with E-state index in [4.69, 9.17) is 4.74 Å². The summed E-state index contributed by atoms with van der Waals surface area (Å²) in [6, 6.07) is 7.10. The number of ether oxygens (including phenoxy) is 1. The summed E-state index contributed by atoms with van der Waals surface area (Å²) < 4.78 is 18.7. The second kappa shape index (κ2) is 9.93. The van der Waals surface area contributed by atoms with E-state index in [2.05, 4.69) is 12.2 Å². The summed E-state index contributed by atoms with van der Waals surface area (Å²) in [5.41, 5.74) is 0.831. The molecule has 0 spiro atoms. The molecule has 3 heteroatoms. The standard InChI is InChI=1S/C16H26FNO/c1-3-18-13-14(8-6-7-11-19-2)12-15-9-4-5-10-16(15)17/h4-5,9-10,14,18H,3,6-8,11-13H2,1-2H3. The van der Waals surface area contributed by atoms with Crippen LogP contribution in [0.15, 0.2) is 24.3 Å². The fourth-order valence-electron chi connectivity index (χ4n) is 2.28. The summed E-state index contributed by atoms with van der Waals surface area (Å²) in [7, 11) is 1.73. The van der Waals surface area contributed by atoms with Crippen LogP contribution in [-0.2, 0) is 11.2 Å². The number of hydrogen-bond acceptors (Lipinski definition) is 2. The van der Waals surface area contributed by atoms with Gasteiger partial charge in [0.2, 0.25) is 0 Å². The zero-order valence-corrected chi connectivity index (χ0v) is 12.1. The highest BCUT2D eigenvalue weighted by molar-refractivity contribution is 5.17. The van der Waals surface area contributed by atoms with Crippen molar-refractivity contribution in [2.24, 2.45) is 5.92 Å². The molecule has 0 aliphatic rings. The fraction of sp³-hybridized carbons (Fsp3) is 0.625. The molecule has 1 unspecified atom stereocenters. The fourth-order valence-corrected chi connectivity index (χ4v) is 2.28. The quantitative estimate of drug-likeness (QED) is 0.656. The minimum Gasteiger partial charge on any atom is -0.385 e. The number of methoxy groups -OCH3 is 1. The summed E-state index contributed by atoms with van der Waals surface area (Å²) in [5, 5.41) is 3.38. The van der Waals surface area contributed by atoms with Gasteiger partial charge in [-0.3, -0.25) is 0 Å². The number of unbranched alkanes of at least 4 members (excludes halogenated alkanes) is 1. The first-order chi connectivity index (χ1) is 9.27. The van der Waals surface area contributed by atoms with E-state index in [1.54, 1.807) is 19.2 Å². The summed E-state index contributed by atoms with van der Waals surface area (Å²) >= 11 is 0. The monoisotopic (exact) mass is 267 g/mol. The number of hydrogen-bond donors (Lipinski definition) is 1. The van der Waals surface area contributed by atoms with Crippen LogP contribution in [0.3, 0.4) is 0 Å². The second-order valence-corrected chi connectivity index (χ2v) is 4.96. The van der Waals surface area contributed by atoms with Crippen LogP contribution in [0.2, 0.25) is 0 Å². The molecule has 0 aliphatic heterocycles. The van der Waals surface area contributed by atoms with Gasteiger partial charge < -0.3 is 10.1 Å². The molecule has 2 nitrogen and oxygen atoms in total. The van der Waals surface area contributed by atoms with Crippen LogP contribution in [0.4, 0.5) is 4.39 Å². The van der Waals surface area contributed by atoms with Crippen molar-refractivity contribution in [3.63, 3.8) is 0 Å². The van der Waals surface area contributed by atoms with Crippen molar-refractivity contribution in [2.45, 2.75) is 32.6 Å². The van der Waals surface area contributed by atoms with E-state index in [-0.39, 0.29) is 5.82 Å². The van der Waals surface area contributed by atoms with E-state index in [1.807, 2.05) is 12.1 Å². The van der Waals surface area contributed by atoms with Gasteiger partial charge in [-0.1, -0.05) is 31.5 Å². The van der Waals surface area contributed by atoms with E-state index >= 15 is 0 Å². The van der Waals surface area contributed by atoms with Crippen molar-refractivity contribution >= 4 is 0 Å². The molecule has 0 saturated heterocycles. The van der Waals surface area contributed by atoms with Gasteiger partial charge >= 0.3 is 0 Å². The lowest BCUT2D eigenvalue weighted by Gasteiger charge is -2.17. The zero-order valence-electron chi connectivity index (χ0n) is 12.1. The molecule has 108 valence electrons. The van der Waals surface area contributed by atoms with Gasteiger partial charge in [0, 0.05) is 13.7 Å². The normalized spacial score (nSPS) is 12.6. The maximum absolute atomic E-state index is 13.7. The van der Waals surface area contributed by atoms with Crippen molar-refractivity contribution in [1.29, 1.82) is 0 Å². The zero-order chi connectivity index (χ0) is 13.9. The van der Waals surface area contributed by atoms with E-state index in [9.17, 15) is 4.39 Å². The van der Waals surface area contributed by atoms with Crippen molar-refractivity contribution in [2.75, 3.05) is 26.8 Å². The Morgan fingerprint density at radius 2 is 2.05 bits per heavy atom. The van der Waals surface area contributed by atoms with E-state index in [0.717, 1.165) is 50.9 Å². The lowest BCUT2D eigenvalue weighted by Crippen LogP contribution is -2.24. The predicted octanol–water partition coefficient (Wildman–Crippen LogP) is 3.41. The van der Waals surface area contributed by atoms with Gasteiger partial charge in [0.05, 0.1) is 0 Å². The van der Waals surface area contributed by atoms with Crippen LogP contribution in [0.25, 0.3) is 0 Å². The van der Waals surface area contributed by atoms with Gasteiger partial charge in [-0.05, 0) is 49.9 Å². The molecule has 0 fully saturated rings. The Bertz CT molecular complexity index is 343. The molecule has 19 heavy (non-hydrogen) atoms. The SMILES string of the molecule is CCNCC(CCCCOC)Cc1ccccc1F. The third kappa shape index (κ3) is 6.69. The van der Waals surface area contributed by atoms with Gasteiger partial charge in [-0.2, -0.15) is 0 Å². The largest absolute Gasteiger partial charge is 0.385 e. The molecule has 1 aromatic rings. The topological polar surface area (TPSA) is 21.3 Å². The van der Waals surface area contributed by atoms with Crippen molar-refractivity contribution in [3.05, 3.63) is 35.6 Å². The highest BCUT2D eigenvalue weighted by Gasteiger charge is 2.11. The molecule has 1 rings (SSSR count). The summed E-state index contributed by atoms with van der Waals surface area (Å²) in [4.78, 5) is 0. The molecule has 1 aromatic carbocycles. The van der Waals surface area contributed by atoms with E-state index < -0.39 is 0 Å². The Morgan fingerprint density at radius 1 is 1.26 bits per heavy atom. The van der Waals surface area contributed by atoms with Crippen LogP contribution >= 0.6 is 0 Å². The lowest BCUT2D eigenvalue weighted by atomic mass is 9.93. The molecule has 0 bridgehead atoms. The van der Waals surface area contributed by atoms with Crippen LogP contribution < -0.4 is 5.32 Å². The number of nitrogens with one attached hydrogen (secondary N) is 1. The highest BCUT2D eigenvalue weighted by atomic mass is 19.1. The average Bonchev–Trinajstić information content (AvgIpc) is 2.43. The van der Waals surface area contributed by atoms with Gasteiger partial charge in [-0.15, -0.1) is 0 Å². The Kier molecular flexibility index (Phi) is 8.43. The minimum absolute atomic E-state index is 0.0825. The molecule has 0 aliphatic carbocycles. The lowest BCUT2D eigenvalue weighted by molar-refractivity contribution is 0.190. The number of benzene rings is 1. The van der Waals surface area contributed by atoms with Crippen molar-refractivity contribution in [3.8, 4) is 0 Å². The van der Waals surface area contributed by atoms with E-state index in [0.29, 0.717) is 5.92 Å². The molecular weight excluding hydrogens is 241 g/mol. The Hall–Kier alpha value is -0.930. The number of rotatable bonds is 10. The molecule has 1 atom stereocenters. The van der Waals surface area contributed by atoms with Gasteiger partial charge in [0.1, 0.15) is 5.82 Å². The first-order valence-electron chi connectivity index (χ1n) is 7.21. The molecule has 0 aromatic heterocycles. The van der Waals surface area contributed by atoms with Gasteiger partial charge in [0.15, 0.2) is 0 Å². The Balaban J connectivity index is 2.46. The summed E-state index contributed by atoms with van der Waals surface area (Å²) in [5.74, 6) is 0.412. The smallest absolute Gasteiger partial charge is 0.126 e. The average molecular weight is 267 g/mol. The molecule has 0 heterocycles. The molecule has 1 N–H and O–H groups in total. The molecule has 0 amide bonds. The molecular formula is C16H26FNO. The predicted molar refractivity (Wildman–Crippen MR) is 77.9 cm³/mol. The van der Waals surface area contributed by atoms with Gasteiger partial charge in [0.25, 0.3) is 0 Å². The van der Waals surface area contributed by atoms with Crippen LogP contribution in [-0.4, -0.2) is 26.8 Å². The third-order valence-electron chi connectivity index (χ3n) is 3.36. The van der Waals surface area contributed by atoms with Crippen LogP contribution in [0, 0.1) is 11.7 Å². The second-order valence-electron chi connectivity index (χ2n) is 4.96. The van der Waals surface area contributed by atoms with Crippen LogP contribution in [0.5, 0.6) is 0 Å². The summed E-state index contributed by atoms with van der Waals surface area (Å²) in [6.07, 6.45) is 4.14. The van der Waals surface area contributed by atoms with Crippen molar-refractivity contribution < 1.29 is 9.13 Å². The van der Waals surface area contributed by atoms with Gasteiger partial charge in [-0.25, -0.2) is 4.39 Å². The maximum atomic E-state index is 13.7. The minimum atomic E-state index is -0.0825. The third-order valence-corrected chi connectivity index (χ3v) is 3.36. The summed E-state index contributed by atoms with van der Waals surface area (Å²) in [6.45, 7) is 4.84. The van der Waals surface area contributed by atoms with Crippen LogP contribution in [0.1, 0.15) is 31.7 Å². The molecule has 0 radical (unpaired) electrons. The Morgan fingerprint density at radius 3 is 2.74 bits per heavy atom. The Labute approximate surface area is 116 Å². The van der Waals surface area contributed by atoms with Crippen molar-refractivity contribution in [1.82, 2.24) is 5.32 Å². The molecule has 0 saturated carbocycles. The maximum Gasteiger partial charge on any atom is 0.126 e. The first-order valence-corrected chi connectivity index (χ1v) is 7.21. The first kappa shape index (κ1) is 16.1. The van der Waals surface area contributed by atoms with E-state index in [1.165, 1.54) is 0 Å².